The highest BCUT2D eigenvalue weighted by Gasteiger charge is 2.64. The standard InChI is InChI=1S/C37H60FN5O11.C37H61N5O11.C12H10FNO4S2/c1-13-26-37(9)29(43(34(48)54-37)17-15-14-16-40-41-39)22(4)27(45)20(2)19-35(7,49-12)31(23(5)30(46)36(8,38)33(47)52-26)53-32-28(51-24(6)44)25(42(10)11)18-21(3)50-32;1-13-27-37(9)31(42(35(47)53-37)17-15-14-16-39-40-38)22(4)28(44)20(2)19-36(8,48-12)32(23(5)29(45)24(6)33(46)51-27)52-34-30(50-25(7)43)26(41(10)11)18-21(3)49-34;13-14(19(15,16)11-7-3-1-4-8-11)20(17,18)12-9-5-2-6-10-12/h20-23,25-26,28-29,31-32H,13-19H2,1-12H3;20-24,26-27,30-32,34H,13-19H2,1-12H3;1-10H/t20-,21?,22+,23+,25?,26-,28?,29-,31-,32?,35+,36+,37-;20-,21?,22+,23+,24-,26?,27-,30?,31-,32-,34?,36+,37-;/m11./s1. The molecule has 41 heteroatoms. The van der Waals surface area contributed by atoms with Crippen LogP contribution in [-0.4, -0.2) is 282 Å². The molecule has 2 aromatic rings. The Hall–Kier alpha value is -8.44. The summed E-state index contributed by atoms with van der Waals surface area (Å²) in [6, 6.07) is 10.6. The van der Waals surface area contributed by atoms with Gasteiger partial charge in [-0.25, -0.2) is 35.6 Å². The molecule has 6 fully saturated rings. The Bertz CT molecular complexity index is 4430. The van der Waals surface area contributed by atoms with Crippen molar-refractivity contribution in [2.75, 3.05) is 68.6 Å². The first-order valence-corrected chi connectivity index (χ1v) is 45.9. The average Bonchev–Trinajstić information content (AvgIpc) is 1.61. The first-order valence-electron chi connectivity index (χ1n) is 43.0. The van der Waals surface area contributed by atoms with Crippen LogP contribution in [0.5, 0.6) is 0 Å². The van der Waals surface area contributed by atoms with Crippen LogP contribution in [-0.2, 0) is 115 Å². The van der Waals surface area contributed by atoms with Gasteiger partial charge >= 0.3 is 36.1 Å². The number of ether oxygens (including phenoxy) is 12. The molecule has 0 aromatic heterocycles. The van der Waals surface area contributed by atoms with E-state index in [2.05, 4.69) is 20.1 Å². The number of azide groups is 2. The van der Waals surface area contributed by atoms with Gasteiger partial charge in [-0.3, -0.25) is 33.6 Å². The van der Waals surface area contributed by atoms with Gasteiger partial charge in [-0.2, -0.15) is 0 Å². The van der Waals surface area contributed by atoms with E-state index in [1.165, 1.54) is 88.1 Å². The smallest absolute Gasteiger partial charge is 0.410 e. The Morgan fingerprint density at radius 1 is 0.551 bits per heavy atom. The molecule has 6 saturated heterocycles. The SMILES string of the molecule is CC[C@H]1OC(=O)[C@@](C)(F)C(=O)[C@H](C)[C@@H](OC2OC(C)CC(N(C)C)C2OC(C)=O)[C@@](C)(OC)C[C@@H](C)C(=O)[C@H](C)[C@H]2N(CCCCN=[N+]=[N-])C(=O)O[C@]12C.CC[C@H]1OC(=O)[C@H](C)C(=O)[C@H](C)[C@@H](OC2OC(C)CC(N(C)C)C2OC(C)=O)[C@@](C)(OC)C[C@@H](C)C(=O)[C@H](C)[C@H]2N(CCCCN=[N+]=[N-])C(=O)O[C@]12C.O=S(=O)(c1ccccc1)N(F)S(=O)(=O)c1ccccc1. The van der Waals surface area contributed by atoms with Crippen molar-refractivity contribution >= 4 is 79.2 Å². The number of esters is 4. The molecule has 26 atom stereocenters. The number of alkyl halides is 1. The number of amides is 2. The molecule has 2 aromatic carbocycles. The summed E-state index contributed by atoms with van der Waals surface area (Å²) in [7, 11) is 0.687. The molecule has 8 unspecified atom stereocenters. The van der Waals surface area contributed by atoms with E-state index in [4.69, 9.17) is 67.9 Å². The van der Waals surface area contributed by atoms with E-state index in [1.54, 1.807) is 76.2 Å². The van der Waals surface area contributed by atoms with Gasteiger partial charge in [0.1, 0.15) is 29.7 Å². The van der Waals surface area contributed by atoms with E-state index in [0.29, 0.717) is 38.5 Å². The predicted octanol–water partition coefficient (Wildman–Crippen LogP) is 11.7. The Labute approximate surface area is 743 Å². The highest BCUT2D eigenvalue weighted by atomic mass is 32.3. The molecule has 0 bridgehead atoms. The largest absolute Gasteiger partial charge is 0.458 e. The Balaban J connectivity index is 0.000000322. The quantitative estimate of drug-likeness (QED) is 0.0123. The Morgan fingerprint density at radius 3 is 1.25 bits per heavy atom. The summed E-state index contributed by atoms with van der Waals surface area (Å²) >= 11 is 0. The van der Waals surface area contributed by atoms with Gasteiger partial charge in [0.15, 0.2) is 47.6 Å². The number of halogens is 2. The number of ketones is 4. The third-order valence-corrected chi connectivity index (χ3v) is 29.0. The summed E-state index contributed by atoms with van der Waals surface area (Å²) in [5.41, 5.74) is 8.29. The molecular formula is C86H131F2N11O26S2. The van der Waals surface area contributed by atoms with Gasteiger partial charge in [-0.15, -0.1) is 4.48 Å². The molecule has 712 valence electrons. The predicted molar refractivity (Wildman–Crippen MR) is 455 cm³/mol. The van der Waals surface area contributed by atoms with Crippen molar-refractivity contribution in [1.82, 2.24) is 23.5 Å². The number of benzene rings is 2. The molecule has 127 heavy (non-hydrogen) atoms. The Morgan fingerprint density at radius 2 is 0.913 bits per heavy atom. The van der Waals surface area contributed by atoms with Gasteiger partial charge in [0, 0.05) is 99.6 Å². The number of carbonyl (C=O) groups excluding carboxylic acids is 10. The summed E-state index contributed by atoms with van der Waals surface area (Å²) in [5.74, 6) is -12.3. The second kappa shape index (κ2) is 45.4. The molecule has 6 heterocycles. The highest BCUT2D eigenvalue weighted by Crippen LogP contribution is 2.47. The number of methoxy groups -OCH3 is 2. The number of carbonyl (C=O) groups is 10. The zero-order chi connectivity index (χ0) is 95.7. The maximum atomic E-state index is 16.8. The van der Waals surface area contributed by atoms with Crippen LogP contribution < -0.4 is 0 Å². The molecule has 0 spiro atoms. The van der Waals surface area contributed by atoms with Crippen LogP contribution >= 0.6 is 0 Å². The number of unbranched alkanes of at least 4 members (excludes halogenated alkanes) is 2. The zero-order valence-corrected chi connectivity index (χ0v) is 79.0. The number of cyclic esters (lactones) is 2. The first-order chi connectivity index (χ1) is 59.2. The van der Waals surface area contributed by atoms with Crippen molar-refractivity contribution in [1.29, 1.82) is 0 Å². The molecule has 8 rings (SSSR count). The van der Waals surface area contributed by atoms with Crippen LogP contribution in [0.2, 0.25) is 0 Å². The molecule has 6 aliphatic rings. The summed E-state index contributed by atoms with van der Waals surface area (Å²) in [6.07, 6.45) is -7.73. The van der Waals surface area contributed by atoms with Crippen LogP contribution in [0.3, 0.4) is 0 Å². The third kappa shape index (κ3) is 24.8. The normalized spacial score (nSPS) is 35.0. The maximum absolute atomic E-state index is 16.8. The minimum atomic E-state index is -4.77. The first kappa shape index (κ1) is 107. The monoisotopic (exact) mass is 1840 g/mol. The third-order valence-electron chi connectivity index (χ3n) is 25.3. The molecular weight excluding hydrogens is 1710 g/mol. The molecule has 6 aliphatic heterocycles. The number of hydrogen-bond donors (Lipinski definition) is 0. The van der Waals surface area contributed by atoms with Crippen LogP contribution in [0, 0.1) is 41.4 Å². The lowest BCUT2D eigenvalue weighted by atomic mass is 9.73. The van der Waals surface area contributed by atoms with E-state index in [9.17, 15) is 69.3 Å². The molecule has 37 nitrogen and oxygen atoms in total. The average molecular weight is 1840 g/mol. The van der Waals surface area contributed by atoms with Crippen molar-refractivity contribution in [3.8, 4) is 0 Å². The number of hydrogen-bond acceptors (Lipinski definition) is 30. The fraction of sp³-hybridized carbons (Fsp3) is 0.744. The minimum absolute atomic E-state index is 0.0401. The van der Waals surface area contributed by atoms with Gasteiger partial charge in [0.2, 0.25) is 0 Å². The summed E-state index contributed by atoms with van der Waals surface area (Å²) < 4.78 is 151. The number of rotatable bonds is 26. The number of likely N-dealkylation sites (N-methyl/N-ethyl adjacent to an activating group) is 2. The van der Waals surface area contributed by atoms with Crippen molar-refractivity contribution in [3.05, 3.63) is 81.5 Å². The lowest BCUT2D eigenvalue weighted by Crippen LogP contribution is -2.62. The molecule has 0 saturated carbocycles. The molecule has 0 N–H and O–H groups in total. The van der Waals surface area contributed by atoms with Crippen molar-refractivity contribution in [2.24, 2.45) is 51.7 Å². The second-order valence-electron chi connectivity index (χ2n) is 35.2. The molecule has 2 amide bonds. The number of fused-ring (bicyclic) bond motifs is 2. The minimum Gasteiger partial charge on any atom is -0.458 e. The zero-order valence-electron chi connectivity index (χ0n) is 77.4. The Kier molecular flexibility index (Phi) is 38.4. The van der Waals surface area contributed by atoms with Crippen molar-refractivity contribution in [2.45, 2.75) is 312 Å². The van der Waals surface area contributed by atoms with E-state index >= 15 is 4.39 Å². The number of nitrogens with zero attached hydrogens (tertiary/aromatic N) is 11. The summed E-state index contributed by atoms with van der Waals surface area (Å²) in [6.45, 7) is 29.3. The molecule has 0 aliphatic carbocycles. The van der Waals surface area contributed by atoms with Gasteiger partial charge in [0.05, 0.1) is 73.5 Å². The summed E-state index contributed by atoms with van der Waals surface area (Å²) in [4.78, 5) is 148. The number of sulfonamides is 2. The van der Waals surface area contributed by atoms with Crippen molar-refractivity contribution in [3.63, 3.8) is 0 Å². The van der Waals surface area contributed by atoms with Gasteiger partial charge in [-0.1, -0.05) is 102 Å². The van der Waals surface area contributed by atoms with Crippen molar-refractivity contribution < 1.29 is 130 Å². The maximum Gasteiger partial charge on any atom is 0.410 e. The van der Waals surface area contributed by atoms with Crippen LogP contribution in [0.25, 0.3) is 20.9 Å². The van der Waals surface area contributed by atoms with Crippen LogP contribution in [0.1, 0.15) is 189 Å². The van der Waals surface area contributed by atoms with Gasteiger partial charge in [-0.05, 0) is 183 Å². The van der Waals surface area contributed by atoms with Gasteiger partial charge < -0.3 is 76.4 Å². The van der Waals surface area contributed by atoms with Gasteiger partial charge in [0.25, 0.3) is 25.7 Å². The topological polar surface area (TPSA) is 463 Å². The number of Topliss-reactive ketones (excluding diaryl/α,β-unsaturated/α-hetero) is 4. The second-order valence-corrected chi connectivity index (χ2v) is 39.0. The van der Waals surface area contributed by atoms with E-state index in [0.717, 1.165) is 31.2 Å². The highest BCUT2D eigenvalue weighted by molar-refractivity contribution is 8.03. The van der Waals surface area contributed by atoms with E-state index < -0.39 is 212 Å². The van der Waals surface area contributed by atoms with Crippen LogP contribution in [0.15, 0.2) is 80.7 Å². The van der Waals surface area contributed by atoms with E-state index in [-0.39, 0.29) is 87.7 Å². The fourth-order valence-corrected chi connectivity index (χ4v) is 21.4. The lowest BCUT2D eigenvalue weighted by molar-refractivity contribution is -0.298. The van der Waals surface area contributed by atoms with E-state index in [1.807, 2.05) is 51.8 Å². The molecule has 0 radical (unpaired) electrons. The van der Waals surface area contributed by atoms with Crippen LogP contribution in [0.4, 0.5) is 18.5 Å². The fourth-order valence-electron chi connectivity index (χ4n) is 18.5. The summed E-state index contributed by atoms with van der Waals surface area (Å²) in [5, 5.41) is 7.12. The lowest BCUT2D eigenvalue weighted by Gasteiger charge is -2.48.